The first-order valence-corrected chi connectivity index (χ1v) is 14.6. The van der Waals surface area contributed by atoms with Gasteiger partial charge in [-0.15, -0.1) is 0 Å². The minimum Gasteiger partial charge on any atom is -0.350 e. The first-order chi connectivity index (χ1) is 17.8. The van der Waals surface area contributed by atoms with Gasteiger partial charge in [-0.05, 0) is 82.2 Å². The van der Waals surface area contributed by atoms with Crippen LogP contribution in [0.1, 0.15) is 77.2 Å². The number of amides is 2. The maximum atomic E-state index is 13.9. The Morgan fingerprint density at radius 2 is 1.68 bits per heavy atom. The number of likely N-dealkylation sites (tertiary alicyclic amines) is 2. The SMILES string of the molecule is CC(C)C(=O)NC1(C2CCCCC2)CCN(C(=O)[C@@H](Cc2ccc(F)cc2)NC[C@H]2CCCN2C)CC1. The third kappa shape index (κ3) is 7.11. The van der Waals surface area contributed by atoms with Gasteiger partial charge in [-0.1, -0.05) is 45.2 Å². The number of hydrogen-bond acceptors (Lipinski definition) is 4. The van der Waals surface area contributed by atoms with Crippen LogP contribution in [0.2, 0.25) is 0 Å². The van der Waals surface area contributed by atoms with Crippen molar-refractivity contribution in [3.05, 3.63) is 35.6 Å². The van der Waals surface area contributed by atoms with E-state index in [0.29, 0.717) is 31.5 Å². The highest BCUT2D eigenvalue weighted by Crippen LogP contribution is 2.39. The van der Waals surface area contributed by atoms with Gasteiger partial charge in [-0.3, -0.25) is 9.59 Å². The van der Waals surface area contributed by atoms with E-state index in [9.17, 15) is 14.0 Å². The number of carbonyl (C=O) groups excluding carboxylic acids is 2. The zero-order valence-corrected chi connectivity index (χ0v) is 23.1. The van der Waals surface area contributed by atoms with Crippen molar-refractivity contribution in [2.45, 2.75) is 95.7 Å². The molecule has 6 nitrogen and oxygen atoms in total. The van der Waals surface area contributed by atoms with E-state index in [-0.39, 0.29) is 35.1 Å². The fourth-order valence-electron chi connectivity index (χ4n) is 6.65. The normalized spacial score (nSPS) is 23.8. The van der Waals surface area contributed by atoms with E-state index in [2.05, 4.69) is 22.6 Å². The van der Waals surface area contributed by atoms with Crippen LogP contribution in [0.3, 0.4) is 0 Å². The molecule has 1 aromatic rings. The summed E-state index contributed by atoms with van der Waals surface area (Å²) >= 11 is 0. The van der Waals surface area contributed by atoms with Crippen LogP contribution in [-0.2, 0) is 16.0 Å². The third-order valence-electron chi connectivity index (χ3n) is 9.17. The molecule has 206 valence electrons. The number of nitrogens with zero attached hydrogens (tertiary/aromatic N) is 2. The molecule has 2 amide bonds. The third-order valence-corrected chi connectivity index (χ3v) is 9.17. The second-order valence-corrected chi connectivity index (χ2v) is 12.0. The van der Waals surface area contributed by atoms with Crippen LogP contribution >= 0.6 is 0 Å². The summed E-state index contributed by atoms with van der Waals surface area (Å²) in [5.41, 5.74) is 0.759. The van der Waals surface area contributed by atoms with E-state index in [1.165, 1.54) is 37.8 Å². The fourth-order valence-corrected chi connectivity index (χ4v) is 6.65. The number of nitrogens with one attached hydrogen (secondary N) is 2. The molecule has 2 heterocycles. The number of piperidine rings is 1. The number of carbonyl (C=O) groups is 2. The van der Waals surface area contributed by atoms with Gasteiger partial charge in [0, 0.05) is 37.1 Å². The Balaban J connectivity index is 1.45. The lowest BCUT2D eigenvalue weighted by Gasteiger charge is -2.49. The molecule has 2 atom stereocenters. The van der Waals surface area contributed by atoms with Crippen molar-refractivity contribution in [1.29, 1.82) is 0 Å². The lowest BCUT2D eigenvalue weighted by atomic mass is 9.69. The molecule has 4 rings (SSSR count). The molecule has 0 radical (unpaired) electrons. The summed E-state index contributed by atoms with van der Waals surface area (Å²) in [5.74, 6) is 0.440. The lowest BCUT2D eigenvalue weighted by Crippen LogP contribution is -2.62. The Morgan fingerprint density at radius 1 is 1.00 bits per heavy atom. The van der Waals surface area contributed by atoms with E-state index in [4.69, 9.17) is 0 Å². The highest BCUT2D eigenvalue weighted by molar-refractivity contribution is 5.82. The predicted octanol–water partition coefficient (Wildman–Crippen LogP) is 4.13. The maximum absolute atomic E-state index is 13.9. The Bertz CT molecular complexity index is 891. The quantitative estimate of drug-likeness (QED) is 0.520. The first-order valence-electron chi connectivity index (χ1n) is 14.6. The van der Waals surface area contributed by atoms with Crippen LogP contribution in [0.15, 0.2) is 24.3 Å². The van der Waals surface area contributed by atoms with Gasteiger partial charge in [-0.25, -0.2) is 4.39 Å². The lowest BCUT2D eigenvalue weighted by molar-refractivity contribution is -0.136. The van der Waals surface area contributed by atoms with Crippen molar-refractivity contribution >= 4 is 11.8 Å². The molecule has 7 heteroatoms. The number of rotatable bonds is 9. The van der Waals surface area contributed by atoms with Gasteiger partial charge in [0.2, 0.25) is 11.8 Å². The first kappa shape index (κ1) is 28.0. The van der Waals surface area contributed by atoms with Gasteiger partial charge in [0.1, 0.15) is 5.82 Å². The van der Waals surface area contributed by atoms with Gasteiger partial charge < -0.3 is 20.4 Å². The predicted molar refractivity (Wildman–Crippen MR) is 146 cm³/mol. The van der Waals surface area contributed by atoms with Crippen LogP contribution in [-0.4, -0.2) is 72.5 Å². The van der Waals surface area contributed by atoms with Gasteiger partial charge in [0.25, 0.3) is 0 Å². The maximum Gasteiger partial charge on any atom is 0.240 e. The Kier molecular flexibility index (Phi) is 9.62. The van der Waals surface area contributed by atoms with Crippen LogP contribution in [0.4, 0.5) is 4.39 Å². The second kappa shape index (κ2) is 12.7. The van der Waals surface area contributed by atoms with Crippen molar-refractivity contribution in [1.82, 2.24) is 20.4 Å². The zero-order valence-electron chi connectivity index (χ0n) is 23.1. The summed E-state index contributed by atoms with van der Waals surface area (Å²) in [6.07, 6.45) is 10.6. The van der Waals surface area contributed by atoms with Crippen molar-refractivity contribution in [2.24, 2.45) is 11.8 Å². The molecule has 1 aliphatic carbocycles. The van der Waals surface area contributed by atoms with Crippen molar-refractivity contribution in [3.63, 3.8) is 0 Å². The van der Waals surface area contributed by atoms with E-state index < -0.39 is 0 Å². The number of benzene rings is 1. The summed E-state index contributed by atoms with van der Waals surface area (Å²) in [4.78, 5) is 31.0. The van der Waals surface area contributed by atoms with Gasteiger partial charge in [0.15, 0.2) is 0 Å². The monoisotopic (exact) mass is 514 g/mol. The smallest absolute Gasteiger partial charge is 0.240 e. The molecule has 2 aliphatic heterocycles. The van der Waals surface area contributed by atoms with Gasteiger partial charge in [-0.2, -0.15) is 0 Å². The molecule has 37 heavy (non-hydrogen) atoms. The minimum atomic E-state index is -0.341. The van der Waals surface area contributed by atoms with Crippen LogP contribution in [0.25, 0.3) is 0 Å². The molecule has 2 saturated heterocycles. The molecule has 3 aliphatic rings. The summed E-state index contributed by atoms with van der Waals surface area (Å²) in [6, 6.07) is 6.61. The number of hydrogen-bond donors (Lipinski definition) is 2. The van der Waals surface area contributed by atoms with E-state index >= 15 is 0 Å². The van der Waals surface area contributed by atoms with E-state index in [1.807, 2.05) is 18.7 Å². The number of likely N-dealkylation sites (N-methyl/N-ethyl adjacent to an activating group) is 1. The molecule has 0 bridgehead atoms. The highest BCUT2D eigenvalue weighted by Gasteiger charge is 2.44. The number of halogens is 1. The topological polar surface area (TPSA) is 64.7 Å². The van der Waals surface area contributed by atoms with Crippen molar-refractivity contribution in [2.75, 3.05) is 33.2 Å². The summed E-state index contributed by atoms with van der Waals surface area (Å²) in [6.45, 7) is 7.11. The molecule has 2 N–H and O–H groups in total. The Hall–Kier alpha value is -1.99. The van der Waals surface area contributed by atoms with Gasteiger partial charge in [0.05, 0.1) is 6.04 Å². The summed E-state index contributed by atoms with van der Waals surface area (Å²) in [7, 11) is 2.15. The largest absolute Gasteiger partial charge is 0.350 e. The van der Waals surface area contributed by atoms with Gasteiger partial charge >= 0.3 is 0 Å². The Labute approximate surface area is 222 Å². The fraction of sp³-hybridized carbons (Fsp3) is 0.733. The molecular weight excluding hydrogens is 467 g/mol. The zero-order chi connectivity index (χ0) is 26.4. The van der Waals surface area contributed by atoms with E-state index in [1.54, 1.807) is 12.1 Å². The molecule has 1 aromatic carbocycles. The van der Waals surface area contributed by atoms with Crippen LogP contribution < -0.4 is 10.6 Å². The average molecular weight is 515 g/mol. The molecular formula is C30H47FN4O2. The molecule has 0 unspecified atom stereocenters. The van der Waals surface area contributed by atoms with Crippen LogP contribution in [0.5, 0.6) is 0 Å². The molecule has 0 spiro atoms. The molecule has 3 fully saturated rings. The standard InChI is InChI=1S/C30H47FN4O2/c1-22(2)28(36)33-30(24-8-5-4-6-9-24)15-18-35(19-16-30)29(37)27(20-23-11-13-25(31)14-12-23)32-21-26-10-7-17-34(26)3/h11-14,22,24,26-27,32H,4-10,15-21H2,1-3H3,(H,33,36)/t26-,27-/m1/s1. The van der Waals surface area contributed by atoms with Crippen molar-refractivity contribution in [3.8, 4) is 0 Å². The second-order valence-electron chi connectivity index (χ2n) is 12.0. The highest BCUT2D eigenvalue weighted by atomic mass is 19.1. The molecule has 0 aromatic heterocycles. The summed E-state index contributed by atoms with van der Waals surface area (Å²) < 4.78 is 13.5. The average Bonchev–Trinajstić information content (AvgIpc) is 3.32. The van der Waals surface area contributed by atoms with E-state index in [0.717, 1.165) is 50.8 Å². The minimum absolute atomic E-state index is 0.0434. The van der Waals surface area contributed by atoms with Crippen molar-refractivity contribution < 1.29 is 14.0 Å². The summed E-state index contributed by atoms with van der Waals surface area (Å²) in [5, 5.41) is 7.06. The molecule has 1 saturated carbocycles. The Morgan fingerprint density at radius 3 is 2.27 bits per heavy atom. The van der Waals surface area contributed by atoms with Crippen LogP contribution in [0, 0.1) is 17.7 Å².